The molecule has 0 saturated carbocycles. The molecule has 0 saturated heterocycles. The van der Waals surface area contributed by atoms with Gasteiger partial charge in [0.15, 0.2) is 0 Å². The van der Waals surface area contributed by atoms with Gasteiger partial charge < -0.3 is 9.84 Å². The van der Waals surface area contributed by atoms with Gasteiger partial charge in [0, 0.05) is 10.5 Å². The number of aromatic carboxylic acids is 1. The molecule has 0 aliphatic rings. The molecule has 108 valence electrons. The summed E-state index contributed by atoms with van der Waals surface area (Å²) >= 11 is 3.32. The Labute approximate surface area is 127 Å². The molecule has 1 aromatic heterocycles. The molecule has 2 rings (SSSR count). The van der Waals surface area contributed by atoms with E-state index >= 15 is 0 Å². The highest BCUT2D eigenvalue weighted by Gasteiger charge is 2.21. The number of hydrogen-bond acceptors (Lipinski definition) is 5. The van der Waals surface area contributed by atoms with Crippen molar-refractivity contribution in [2.75, 3.05) is 0 Å². The number of halogens is 1. The summed E-state index contributed by atoms with van der Waals surface area (Å²) in [6.07, 6.45) is 0.875. The van der Waals surface area contributed by atoms with Crippen LogP contribution in [0.5, 0.6) is 5.88 Å². The zero-order valence-corrected chi connectivity index (χ0v) is 12.1. The first-order valence-electron chi connectivity index (χ1n) is 5.72. The number of pyridine rings is 1. The summed E-state index contributed by atoms with van der Waals surface area (Å²) in [5.41, 5.74) is -0.182. The highest BCUT2D eigenvalue weighted by Crippen LogP contribution is 2.22. The minimum Gasteiger partial charge on any atom is -0.477 e. The Hall–Kier alpha value is -2.48. The van der Waals surface area contributed by atoms with Gasteiger partial charge in [-0.25, -0.2) is 9.78 Å². The van der Waals surface area contributed by atoms with Gasteiger partial charge in [-0.15, -0.1) is 0 Å². The Morgan fingerprint density at radius 3 is 2.81 bits per heavy atom. The van der Waals surface area contributed by atoms with Crippen LogP contribution in [0.4, 0.5) is 5.69 Å². The summed E-state index contributed by atoms with van der Waals surface area (Å²) in [5, 5.41) is 19.7. The molecule has 1 heterocycles. The normalized spacial score (nSPS) is 10.1. The fourth-order valence-electron chi connectivity index (χ4n) is 1.61. The fraction of sp³-hybridized carbons (Fsp3) is 0.0769. The second-order valence-corrected chi connectivity index (χ2v) is 4.94. The first-order valence-corrected chi connectivity index (χ1v) is 6.51. The third kappa shape index (κ3) is 3.76. The van der Waals surface area contributed by atoms with Gasteiger partial charge in [0.05, 0.1) is 4.92 Å². The van der Waals surface area contributed by atoms with E-state index in [1.807, 2.05) is 24.3 Å². The molecule has 21 heavy (non-hydrogen) atoms. The molecule has 0 aliphatic heterocycles. The van der Waals surface area contributed by atoms with E-state index in [9.17, 15) is 14.9 Å². The Morgan fingerprint density at radius 2 is 2.19 bits per heavy atom. The van der Waals surface area contributed by atoms with Gasteiger partial charge in [0.2, 0.25) is 5.88 Å². The van der Waals surface area contributed by atoms with Crippen molar-refractivity contribution in [3.05, 3.63) is 62.2 Å². The van der Waals surface area contributed by atoms with E-state index < -0.39 is 22.1 Å². The Kier molecular flexibility index (Phi) is 4.49. The van der Waals surface area contributed by atoms with E-state index in [0.717, 1.165) is 22.3 Å². The number of hydrogen-bond donors (Lipinski definition) is 1. The second-order valence-electron chi connectivity index (χ2n) is 4.02. The number of carboxylic acids is 1. The van der Waals surface area contributed by atoms with Crippen LogP contribution in [0.3, 0.4) is 0 Å². The number of nitro groups is 1. The van der Waals surface area contributed by atoms with Crippen molar-refractivity contribution < 1.29 is 19.6 Å². The van der Waals surface area contributed by atoms with Gasteiger partial charge in [-0.3, -0.25) is 10.1 Å². The van der Waals surface area contributed by atoms with Gasteiger partial charge in [0.25, 0.3) is 0 Å². The van der Waals surface area contributed by atoms with Crippen molar-refractivity contribution in [2.24, 2.45) is 0 Å². The summed E-state index contributed by atoms with van der Waals surface area (Å²) in [6.45, 7) is 0.170. The molecule has 8 heteroatoms. The summed E-state index contributed by atoms with van der Waals surface area (Å²) in [7, 11) is 0. The van der Waals surface area contributed by atoms with Gasteiger partial charge in [-0.05, 0) is 17.7 Å². The molecular formula is C13H9BrN2O5. The van der Waals surface area contributed by atoms with Crippen LogP contribution in [0.25, 0.3) is 0 Å². The molecule has 7 nitrogen and oxygen atoms in total. The van der Waals surface area contributed by atoms with E-state index in [1.54, 1.807) is 0 Å². The Bertz CT molecular complexity index is 705. The van der Waals surface area contributed by atoms with Crippen LogP contribution >= 0.6 is 15.9 Å². The van der Waals surface area contributed by atoms with Crippen LogP contribution < -0.4 is 4.74 Å². The average Bonchev–Trinajstić information content (AvgIpc) is 2.44. The summed E-state index contributed by atoms with van der Waals surface area (Å²) in [5.74, 6) is -1.39. The molecule has 1 N–H and O–H groups in total. The van der Waals surface area contributed by atoms with E-state index in [0.29, 0.717) is 0 Å². The van der Waals surface area contributed by atoms with E-state index in [4.69, 9.17) is 9.84 Å². The van der Waals surface area contributed by atoms with Crippen molar-refractivity contribution >= 4 is 27.6 Å². The minimum atomic E-state index is -1.41. The first kappa shape index (κ1) is 14.9. The number of benzene rings is 1. The number of nitrogens with zero attached hydrogens (tertiary/aromatic N) is 2. The van der Waals surface area contributed by atoms with Crippen molar-refractivity contribution in [2.45, 2.75) is 6.61 Å². The highest BCUT2D eigenvalue weighted by molar-refractivity contribution is 9.10. The summed E-state index contributed by atoms with van der Waals surface area (Å²) in [6, 6.07) is 8.39. The maximum absolute atomic E-state index is 11.0. The number of aromatic nitrogens is 1. The van der Waals surface area contributed by atoms with E-state index in [2.05, 4.69) is 20.9 Å². The third-order valence-corrected chi connectivity index (χ3v) is 3.05. The molecule has 0 bridgehead atoms. The van der Waals surface area contributed by atoms with E-state index in [-0.39, 0.29) is 12.5 Å². The Morgan fingerprint density at radius 1 is 1.43 bits per heavy atom. The van der Waals surface area contributed by atoms with Crippen LogP contribution in [0, 0.1) is 10.1 Å². The van der Waals surface area contributed by atoms with Gasteiger partial charge >= 0.3 is 11.7 Å². The fourth-order valence-corrected chi connectivity index (χ4v) is 2.06. The van der Waals surface area contributed by atoms with Gasteiger partial charge in [0.1, 0.15) is 18.4 Å². The predicted molar refractivity (Wildman–Crippen MR) is 76.3 cm³/mol. The lowest BCUT2D eigenvalue weighted by atomic mass is 10.2. The largest absolute Gasteiger partial charge is 0.477 e. The lowest BCUT2D eigenvalue weighted by Crippen LogP contribution is -2.05. The summed E-state index contributed by atoms with van der Waals surface area (Å²) in [4.78, 5) is 24.7. The molecule has 2 aromatic rings. The first-order chi connectivity index (χ1) is 9.97. The summed E-state index contributed by atoms with van der Waals surface area (Å²) < 4.78 is 6.24. The monoisotopic (exact) mass is 352 g/mol. The molecule has 0 aliphatic carbocycles. The maximum atomic E-state index is 11.0. The molecule has 0 fully saturated rings. The quantitative estimate of drug-likeness (QED) is 0.655. The average molecular weight is 353 g/mol. The second kappa shape index (κ2) is 6.31. The number of rotatable bonds is 5. The van der Waals surface area contributed by atoms with Gasteiger partial charge in [-0.1, -0.05) is 28.1 Å². The number of carbonyl (C=O) groups is 1. The third-order valence-electron chi connectivity index (χ3n) is 2.56. The molecule has 0 atom stereocenters. The molecule has 1 aromatic carbocycles. The van der Waals surface area contributed by atoms with Crippen LogP contribution in [-0.2, 0) is 6.61 Å². The van der Waals surface area contributed by atoms with Crippen molar-refractivity contribution in [1.82, 2.24) is 4.98 Å². The maximum Gasteiger partial charge on any atom is 0.342 e. The van der Waals surface area contributed by atoms with Crippen molar-refractivity contribution in [1.29, 1.82) is 0 Å². The van der Waals surface area contributed by atoms with Crippen LogP contribution in [0.1, 0.15) is 15.9 Å². The standard InChI is InChI=1S/C13H9BrN2O5/c14-9-3-1-2-8(4-9)7-21-12-5-10(13(17)18)11(6-15-12)16(19)20/h1-6H,7H2,(H,17,18). The Balaban J connectivity index is 2.19. The van der Waals surface area contributed by atoms with Crippen LogP contribution in [0.2, 0.25) is 0 Å². The van der Waals surface area contributed by atoms with Crippen molar-refractivity contribution in [3.63, 3.8) is 0 Å². The van der Waals surface area contributed by atoms with Crippen LogP contribution in [0.15, 0.2) is 41.0 Å². The minimum absolute atomic E-state index is 0.0120. The molecule has 0 amide bonds. The van der Waals surface area contributed by atoms with E-state index in [1.165, 1.54) is 0 Å². The lowest BCUT2D eigenvalue weighted by molar-refractivity contribution is -0.385. The highest BCUT2D eigenvalue weighted by atomic mass is 79.9. The zero-order valence-electron chi connectivity index (χ0n) is 10.5. The molecular weight excluding hydrogens is 344 g/mol. The van der Waals surface area contributed by atoms with Gasteiger partial charge in [-0.2, -0.15) is 0 Å². The zero-order chi connectivity index (χ0) is 15.4. The molecule has 0 radical (unpaired) electrons. The number of ether oxygens (including phenoxy) is 1. The number of carboxylic acid groups (broad SMARTS) is 1. The lowest BCUT2D eigenvalue weighted by Gasteiger charge is -2.06. The molecule has 0 unspecified atom stereocenters. The van der Waals surface area contributed by atoms with Crippen molar-refractivity contribution in [3.8, 4) is 5.88 Å². The topological polar surface area (TPSA) is 103 Å². The smallest absolute Gasteiger partial charge is 0.342 e. The van der Waals surface area contributed by atoms with Crippen LogP contribution in [-0.4, -0.2) is 21.0 Å². The SMILES string of the molecule is O=C(O)c1cc(OCc2cccc(Br)c2)ncc1[N+](=O)[O-]. The predicted octanol–water partition coefficient (Wildman–Crippen LogP) is 3.03. The molecule has 0 spiro atoms.